The lowest BCUT2D eigenvalue weighted by atomic mass is 10.1. The summed E-state index contributed by atoms with van der Waals surface area (Å²) < 4.78 is 11.6. The molecule has 0 radical (unpaired) electrons. The molecule has 0 atom stereocenters. The number of fused-ring (bicyclic) bond motifs is 1. The van der Waals surface area contributed by atoms with Crippen LogP contribution in [0.25, 0.3) is 22.3 Å². The van der Waals surface area contributed by atoms with Gasteiger partial charge in [0.2, 0.25) is 0 Å². The van der Waals surface area contributed by atoms with Gasteiger partial charge in [0.25, 0.3) is 0 Å². The van der Waals surface area contributed by atoms with E-state index >= 15 is 0 Å². The minimum absolute atomic E-state index is 0.162. The molecule has 0 saturated heterocycles. The lowest BCUT2D eigenvalue weighted by molar-refractivity contribution is 0.342. The van der Waals surface area contributed by atoms with E-state index in [1.54, 1.807) is 12.1 Å². The van der Waals surface area contributed by atoms with Crippen molar-refractivity contribution in [3.05, 3.63) is 48.0 Å². The Bertz CT molecular complexity index is 840. The number of hydrogen-bond donors (Lipinski definition) is 2. The van der Waals surface area contributed by atoms with Crippen molar-refractivity contribution in [2.24, 2.45) is 0 Å². The standard InChI is InChI=1S/C18H16O4/c1-3-21-18-10-17(12-5-6-14(19)15(20)9-12)22-16-7-4-11(2)8-13(16)18/h4-10H,3H2,1-2H3,(H-,19,20)/p+1. The average molecular weight is 297 g/mol. The van der Waals surface area contributed by atoms with E-state index in [2.05, 4.69) is 0 Å². The summed E-state index contributed by atoms with van der Waals surface area (Å²) in [6.45, 7) is 4.49. The van der Waals surface area contributed by atoms with E-state index in [9.17, 15) is 10.2 Å². The molecule has 0 fully saturated rings. The second-order valence-electron chi connectivity index (χ2n) is 5.11. The molecule has 4 nitrogen and oxygen atoms in total. The highest BCUT2D eigenvalue weighted by atomic mass is 16.5. The lowest BCUT2D eigenvalue weighted by Crippen LogP contribution is -1.93. The van der Waals surface area contributed by atoms with Crippen molar-refractivity contribution in [2.75, 3.05) is 6.61 Å². The average Bonchev–Trinajstić information content (AvgIpc) is 2.50. The smallest absolute Gasteiger partial charge is 0.364 e. The van der Waals surface area contributed by atoms with Crippen LogP contribution in [0.1, 0.15) is 12.5 Å². The molecule has 0 saturated carbocycles. The molecule has 2 N–H and O–H groups in total. The van der Waals surface area contributed by atoms with Crippen molar-refractivity contribution < 1.29 is 19.4 Å². The number of rotatable bonds is 3. The summed E-state index contributed by atoms with van der Waals surface area (Å²) >= 11 is 0. The van der Waals surface area contributed by atoms with E-state index in [-0.39, 0.29) is 11.5 Å². The van der Waals surface area contributed by atoms with Crippen molar-refractivity contribution in [2.45, 2.75) is 13.8 Å². The number of hydrogen-bond acceptors (Lipinski definition) is 3. The van der Waals surface area contributed by atoms with Gasteiger partial charge in [-0.15, -0.1) is 0 Å². The van der Waals surface area contributed by atoms with Gasteiger partial charge in [-0.2, -0.15) is 0 Å². The van der Waals surface area contributed by atoms with Crippen LogP contribution in [0.2, 0.25) is 0 Å². The molecule has 0 unspecified atom stereocenters. The van der Waals surface area contributed by atoms with Gasteiger partial charge in [0.15, 0.2) is 11.5 Å². The topological polar surface area (TPSA) is 61.0 Å². The lowest BCUT2D eigenvalue weighted by Gasteiger charge is -2.05. The van der Waals surface area contributed by atoms with Crippen LogP contribution in [-0.2, 0) is 0 Å². The Balaban J connectivity index is 2.21. The van der Waals surface area contributed by atoms with E-state index in [0.717, 1.165) is 16.7 Å². The number of phenols is 2. The van der Waals surface area contributed by atoms with Crippen LogP contribution in [0.4, 0.5) is 0 Å². The van der Waals surface area contributed by atoms with Crippen LogP contribution in [0.5, 0.6) is 17.2 Å². The summed E-state index contributed by atoms with van der Waals surface area (Å²) in [5.74, 6) is 0.949. The van der Waals surface area contributed by atoms with Gasteiger partial charge in [-0.25, -0.2) is 4.42 Å². The summed E-state index contributed by atoms with van der Waals surface area (Å²) in [6, 6.07) is 12.3. The van der Waals surface area contributed by atoms with Crippen molar-refractivity contribution >= 4 is 11.0 Å². The van der Waals surface area contributed by atoms with Crippen LogP contribution in [0.3, 0.4) is 0 Å². The summed E-state index contributed by atoms with van der Waals surface area (Å²) in [5.41, 5.74) is 2.50. The maximum Gasteiger partial charge on any atom is 0.364 e. The number of benzene rings is 2. The first kappa shape index (κ1) is 14.2. The molecule has 112 valence electrons. The Labute approximate surface area is 128 Å². The van der Waals surface area contributed by atoms with Crippen molar-refractivity contribution in [3.8, 4) is 28.6 Å². The van der Waals surface area contributed by atoms with E-state index < -0.39 is 0 Å². The maximum absolute atomic E-state index is 9.66. The number of phenolic OH excluding ortho intramolecular Hbond substituents is 2. The second-order valence-corrected chi connectivity index (χ2v) is 5.11. The molecule has 0 spiro atoms. The van der Waals surface area contributed by atoms with E-state index in [1.807, 2.05) is 32.0 Å². The minimum Gasteiger partial charge on any atom is -0.504 e. The van der Waals surface area contributed by atoms with Gasteiger partial charge < -0.3 is 14.9 Å². The van der Waals surface area contributed by atoms with Crippen LogP contribution < -0.4 is 4.74 Å². The highest BCUT2D eigenvalue weighted by Gasteiger charge is 2.21. The van der Waals surface area contributed by atoms with E-state index in [1.165, 1.54) is 12.1 Å². The monoisotopic (exact) mass is 297 g/mol. The zero-order valence-electron chi connectivity index (χ0n) is 12.5. The molecular weight excluding hydrogens is 280 g/mol. The fourth-order valence-corrected chi connectivity index (χ4v) is 2.36. The third-order valence-corrected chi connectivity index (χ3v) is 3.44. The van der Waals surface area contributed by atoms with Gasteiger partial charge in [-0.1, -0.05) is 0 Å². The van der Waals surface area contributed by atoms with Gasteiger partial charge in [-0.05, 0) is 43.7 Å². The summed E-state index contributed by atoms with van der Waals surface area (Å²) in [7, 11) is 0. The molecule has 0 aliphatic heterocycles. The van der Waals surface area contributed by atoms with Gasteiger partial charge in [0, 0.05) is 12.1 Å². The number of aryl methyl sites for hydroxylation is 1. The summed E-state index contributed by atoms with van der Waals surface area (Å²) in [4.78, 5) is 0. The summed E-state index contributed by atoms with van der Waals surface area (Å²) in [5, 5.41) is 20.0. The quantitative estimate of drug-likeness (QED) is 0.552. The zero-order valence-corrected chi connectivity index (χ0v) is 12.5. The normalized spacial score (nSPS) is 10.8. The van der Waals surface area contributed by atoms with E-state index in [0.29, 0.717) is 23.5 Å². The molecule has 0 amide bonds. The van der Waals surface area contributed by atoms with Crippen LogP contribution in [-0.4, -0.2) is 16.8 Å². The van der Waals surface area contributed by atoms with Gasteiger partial charge in [0.05, 0.1) is 18.2 Å². The molecule has 3 aromatic rings. The van der Waals surface area contributed by atoms with Crippen LogP contribution in [0, 0.1) is 6.92 Å². The molecule has 0 aliphatic rings. The molecule has 4 heteroatoms. The number of aromatic hydroxyl groups is 2. The van der Waals surface area contributed by atoms with Gasteiger partial charge in [-0.3, -0.25) is 0 Å². The molecule has 0 aliphatic carbocycles. The Morgan fingerprint density at radius 2 is 1.82 bits per heavy atom. The third-order valence-electron chi connectivity index (χ3n) is 3.44. The van der Waals surface area contributed by atoms with Crippen LogP contribution in [0.15, 0.2) is 46.9 Å². The van der Waals surface area contributed by atoms with Crippen molar-refractivity contribution in [1.29, 1.82) is 0 Å². The highest BCUT2D eigenvalue weighted by molar-refractivity contribution is 5.86. The SMILES string of the molecule is CCOc1cc(-c2ccc(O)c(O)c2)[o+]c2ccc(C)cc12. The Morgan fingerprint density at radius 1 is 1.00 bits per heavy atom. The van der Waals surface area contributed by atoms with Gasteiger partial charge >= 0.3 is 11.3 Å². The zero-order chi connectivity index (χ0) is 15.7. The molecular formula is C18H17O4+. The Kier molecular flexibility index (Phi) is 3.59. The highest BCUT2D eigenvalue weighted by Crippen LogP contribution is 2.36. The molecule has 2 aromatic carbocycles. The Morgan fingerprint density at radius 3 is 2.55 bits per heavy atom. The van der Waals surface area contributed by atoms with Crippen molar-refractivity contribution in [1.82, 2.24) is 0 Å². The fraction of sp³-hybridized carbons (Fsp3) is 0.167. The number of ether oxygens (including phenoxy) is 1. The maximum atomic E-state index is 9.66. The largest absolute Gasteiger partial charge is 0.504 e. The first-order chi connectivity index (χ1) is 10.6. The van der Waals surface area contributed by atoms with Gasteiger partial charge in [0.1, 0.15) is 11.1 Å². The van der Waals surface area contributed by atoms with E-state index in [4.69, 9.17) is 9.15 Å². The Hall–Kier alpha value is -2.75. The second kappa shape index (κ2) is 5.56. The van der Waals surface area contributed by atoms with Crippen LogP contribution >= 0.6 is 0 Å². The molecule has 22 heavy (non-hydrogen) atoms. The summed E-state index contributed by atoms with van der Waals surface area (Å²) in [6.07, 6.45) is 0. The third kappa shape index (κ3) is 2.55. The molecule has 0 bridgehead atoms. The first-order valence-corrected chi connectivity index (χ1v) is 7.11. The molecule has 1 aromatic heterocycles. The molecule has 3 rings (SSSR count). The fourth-order valence-electron chi connectivity index (χ4n) is 2.36. The minimum atomic E-state index is -0.185. The first-order valence-electron chi connectivity index (χ1n) is 7.11. The van der Waals surface area contributed by atoms with Crippen molar-refractivity contribution in [3.63, 3.8) is 0 Å². The predicted molar refractivity (Wildman–Crippen MR) is 85.3 cm³/mol. The molecule has 1 heterocycles. The predicted octanol–water partition coefficient (Wildman–Crippen LogP) is 4.50.